The zero-order valence-corrected chi connectivity index (χ0v) is 27.6. The number of hydrogen-bond donors (Lipinski definition) is 6. The molecular weight excluding hydrogens is 756 g/mol. The summed E-state index contributed by atoms with van der Waals surface area (Å²) in [6.07, 6.45) is 0. The van der Waals surface area contributed by atoms with Gasteiger partial charge in [0.15, 0.2) is 9.84 Å². The van der Waals surface area contributed by atoms with E-state index in [1.165, 1.54) is 6.92 Å². The van der Waals surface area contributed by atoms with Gasteiger partial charge in [-0.15, -0.1) is 20.5 Å². The SMILES string of the molecule is Cc1cc(N=Nc2c(N)c(N=Nc3ccc(S(=O)(=O)CCOS(=O)(=O)O)cc3S(=O)(=O)O)cc(S(=O)(=O)O)c2N)c(S(=O)(=O)O)cc1F. The van der Waals surface area contributed by atoms with E-state index in [0.717, 1.165) is 12.1 Å². The Morgan fingerprint density at radius 2 is 1.19 bits per heavy atom. The summed E-state index contributed by atoms with van der Waals surface area (Å²) in [7, 11) is -25.1. The van der Waals surface area contributed by atoms with Crippen LogP contribution in [0.3, 0.4) is 0 Å². The molecule has 262 valence electrons. The molecule has 3 rings (SSSR count). The normalized spacial score (nSPS) is 13.5. The van der Waals surface area contributed by atoms with E-state index in [1.54, 1.807) is 0 Å². The maximum Gasteiger partial charge on any atom is 0.397 e. The zero-order chi connectivity index (χ0) is 36.6. The van der Waals surface area contributed by atoms with Crippen molar-refractivity contribution < 1.29 is 68.9 Å². The van der Waals surface area contributed by atoms with Gasteiger partial charge in [-0.2, -0.15) is 33.7 Å². The number of nitrogen functional groups attached to an aromatic ring is 2. The van der Waals surface area contributed by atoms with Gasteiger partial charge in [-0.25, -0.2) is 17.0 Å². The van der Waals surface area contributed by atoms with Crippen molar-refractivity contribution in [2.24, 2.45) is 20.5 Å². The number of sulfone groups is 1. The fraction of sp³-hybridized carbons (Fsp3) is 0.143. The van der Waals surface area contributed by atoms with Crippen LogP contribution in [0.5, 0.6) is 0 Å². The van der Waals surface area contributed by atoms with Crippen LogP contribution >= 0.6 is 0 Å². The predicted molar refractivity (Wildman–Crippen MR) is 160 cm³/mol. The molecule has 0 heterocycles. The van der Waals surface area contributed by atoms with Crippen LogP contribution in [0.25, 0.3) is 0 Å². The maximum atomic E-state index is 14.0. The number of rotatable bonds is 12. The van der Waals surface area contributed by atoms with Crippen LogP contribution in [0, 0.1) is 12.7 Å². The quantitative estimate of drug-likeness (QED) is 0.0873. The number of nitrogens with two attached hydrogens (primary N) is 2. The van der Waals surface area contributed by atoms with Gasteiger partial charge in [-0.05, 0) is 48.9 Å². The predicted octanol–water partition coefficient (Wildman–Crippen LogP) is 2.46. The van der Waals surface area contributed by atoms with Gasteiger partial charge in [0.05, 0.1) is 28.6 Å². The van der Waals surface area contributed by atoms with Crippen molar-refractivity contribution in [3.8, 4) is 0 Å². The highest BCUT2D eigenvalue weighted by molar-refractivity contribution is 7.91. The molecule has 0 aliphatic heterocycles. The van der Waals surface area contributed by atoms with Crippen molar-refractivity contribution in [1.29, 1.82) is 0 Å². The summed E-state index contributed by atoms with van der Waals surface area (Å²) in [4.78, 5) is -4.16. The first-order valence-electron chi connectivity index (χ1n) is 12.0. The lowest BCUT2D eigenvalue weighted by atomic mass is 10.2. The lowest BCUT2D eigenvalue weighted by molar-refractivity contribution is 0.284. The highest BCUT2D eigenvalue weighted by atomic mass is 32.3. The van der Waals surface area contributed by atoms with Crippen molar-refractivity contribution in [2.45, 2.75) is 26.5 Å². The third-order valence-electron chi connectivity index (χ3n) is 5.79. The van der Waals surface area contributed by atoms with E-state index in [1.807, 2.05) is 0 Å². The van der Waals surface area contributed by atoms with Crippen molar-refractivity contribution in [3.05, 3.63) is 47.8 Å². The van der Waals surface area contributed by atoms with Crippen LogP contribution in [0.1, 0.15) is 5.56 Å². The molecule has 0 fully saturated rings. The molecule has 0 unspecified atom stereocenters. The topological polar surface area (TPSA) is 362 Å². The molecular formula is C21H21FN6O15S5. The van der Waals surface area contributed by atoms with E-state index in [4.69, 9.17) is 16.0 Å². The van der Waals surface area contributed by atoms with Crippen LogP contribution in [0.2, 0.25) is 0 Å². The minimum Gasteiger partial charge on any atom is -0.396 e. The molecule has 0 atom stereocenters. The molecule has 48 heavy (non-hydrogen) atoms. The van der Waals surface area contributed by atoms with E-state index in [9.17, 15) is 60.1 Å². The molecule has 0 aliphatic rings. The van der Waals surface area contributed by atoms with Crippen LogP contribution < -0.4 is 11.5 Å². The van der Waals surface area contributed by atoms with E-state index < -0.39 is 122 Å². The molecule has 21 nitrogen and oxygen atoms in total. The molecule has 0 aromatic heterocycles. The number of anilines is 2. The third kappa shape index (κ3) is 9.30. The fourth-order valence-corrected chi connectivity index (χ4v) is 7.04. The number of aryl methyl sites for hydroxylation is 1. The second-order valence-corrected chi connectivity index (χ2v) is 16.5. The van der Waals surface area contributed by atoms with Gasteiger partial charge in [0.25, 0.3) is 30.4 Å². The number of hydrogen-bond acceptors (Lipinski definition) is 17. The largest absolute Gasteiger partial charge is 0.397 e. The lowest BCUT2D eigenvalue weighted by Gasteiger charge is -2.11. The molecule has 0 aliphatic carbocycles. The minimum atomic E-state index is -5.29. The van der Waals surface area contributed by atoms with E-state index >= 15 is 0 Å². The number of nitrogens with zero attached hydrogens (tertiary/aromatic N) is 4. The standard InChI is InChI=1S/C21H21FN6O15S5/c1-10-6-14(17(8-12(10)22)46(34,35)36)26-28-21-19(23)15(9-18(20(21)24)47(37,38)39)27-25-13-3-2-11(7-16(13)45(31,32)33)44(29,30)5-4-43-48(40,41)42/h2-3,6-9H,4-5,23-24H2,1H3,(H,31,32,33)(H,34,35,36)(H,37,38,39)(H,40,41,42). The van der Waals surface area contributed by atoms with E-state index in [0.29, 0.717) is 24.3 Å². The summed E-state index contributed by atoms with van der Waals surface area (Å²) in [5.41, 5.74) is 7.05. The Labute approximate surface area is 271 Å². The van der Waals surface area contributed by atoms with Gasteiger partial charge in [0.1, 0.15) is 43.3 Å². The molecule has 27 heteroatoms. The van der Waals surface area contributed by atoms with Gasteiger partial charge in [0.2, 0.25) is 0 Å². The fourth-order valence-electron chi connectivity index (χ4n) is 3.56. The summed E-state index contributed by atoms with van der Waals surface area (Å²) in [5.74, 6) is -2.14. The molecule has 0 amide bonds. The summed E-state index contributed by atoms with van der Waals surface area (Å²) >= 11 is 0. The van der Waals surface area contributed by atoms with Gasteiger partial charge in [-0.3, -0.25) is 18.2 Å². The summed E-state index contributed by atoms with van der Waals surface area (Å²) in [6.45, 7) is 0.122. The smallest absolute Gasteiger partial charge is 0.396 e. The molecule has 3 aromatic carbocycles. The van der Waals surface area contributed by atoms with Crippen LogP contribution in [-0.4, -0.2) is 72.7 Å². The summed E-state index contributed by atoms with van der Waals surface area (Å²) in [5, 5.41) is 14.2. The minimum absolute atomic E-state index is 0.168. The highest BCUT2D eigenvalue weighted by Gasteiger charge is 2.25. The second kappa shape index (κ2) is 13.4. The number of benzene rings is 3. The Morgan fingerprint density at radius 3 is 1.73 bits per heavy atom. The number of halogens is 1. The molecule has 0 saturated heterocycles. The third-order valence-corrected chi connectivity index (χ3v) is 10.6. The molecule has 8 N–H and O–H groups in total. The van der Waals surface area contributed by atoms with E-state index in [-0.39, 0.29) is 5.56 Å². The first-order chi connectivity index (χ1) is 21.7. The maximum absolute atomic E-state index is 14.0. The van der Waals surface area contributed by atoms with E-state index in [2.05, 4.69) is 24.6 Å². The number of azo groups is 2. The highest BCUT2D eigenvalue weighted by Crippen LogP contribution is 2.44. The van der Waals surface area contributed by atoms with Gasteiger partial charge in [-0.1, -0.05) is 0 Å². The Hall–Kier alpha value is -4.06. The summed E-state index contributed by atoms with van der Waals surface area (Å²) < 4.78 is 173. The van der Waals surface area contributed by atoms with Crippen molar-refractivity contribution >= 4 is 84.7 Å². The van der Waals surface area contributed by atoms with Gasteiger partial charge in [0, 0.05) is 0 Å². The monoisotopic (exact) mass is 776 g/mol. The Morgan fingerprint density at radius 1 is 0.667 bits per heavy atom. The summed E-state index contributed by atoms with van der Waals surface area (Å²) in [6, 6.07) is 3.64. The Balaban J connectivity index is 2.19. The van der Waals surface area contributed by atoms with Crippen molar-refractivity contribution in [2.75, 3.05) is 23.8 Å². The van der Waals surface area contributed by atoms with Crippen molar-refractivity contribution in [1.82, 2.24) is 0 Å². The molecule has 0 spiro atoms. The molecule has 0 saturated carbocycles. The first-order valence-corrected chi connectivity index (χ1v) is 19.3. The van der Waals surface area contributed by atoms with Crippen LogP contribution in [0.15, 0.2) is 76.4 Å². The zero-order valence-electron chi connectivity index (χ0n) is 23.5. The average Bonchev–Trinajstić information content (AvgIpc) is 2.91. The van der Waals surface area contributed by atoms with Crippen LogP contribution in [-0.2, 0) is 54.8 Å². The van der Waals surface area contributed by atoms with Crippen molar-refractivity contribution in [3.63, 3.8) is 0 Å². The molecule has 0 radical (unpaired) electrons. The Bertz CT molecular complexity index is 2430. The second-order valence-electron chi connectivity index (χ2n) is 9.16. The average molecular weight is 777 g/mol. The van der Waals surface area contributed by atoms with Gasteiger partial charge < -0.3 is 11.5 Å². The Kier molecular flexibility index (Phi) is 10.8. The molecule has 0 bridgehead atoms. The van der Waals surface area contributed by atoms with Gasteiger partial charge >= 0.3 is 10.4 Å². The molecule has 3 aromatic rings. The van der Waals surface area contributed by atoms with Crippen LogP contribution in [0.4, 0.5) is 38.5 Å². The first kappa shape index (κ1) is 38.4. The lowest BCUT2D eigenvalue weighted by Crippen LogP contribution is -2.16.